The summed E-state index contributed by atoms with van der Waals surface area (Å²) < 4.78 is 5.05. The first-order valence-electron chi connectivity index (χ1n) is 6.63. The van der Waals surface area contributed by atoms with Gasteiger partial charge in [0.05, 0.1) is 5.69 Å². The third kappa shape index (κ3) is 1.92. The van der Waals surface area contributed by atoms with E-state index in [4.69, 9.17) is 10.3 Å². The maximum atomic E-state index is 12.3. The zero-order valence-electron chi connectivity index (χ0n) is 10.6. The molecule has 1 aromatic rings. The quantitative estimate of drug-likeness (QED) is 0.811. The molecule has 0 aromatic carbocycles. The number of fused-ring (bicyclic) bond motifs is 1. The minimum absolute atomic E-state index is 0.0443. The van der Waals surface area contributed by atoms with E-state index in [0.29, 0.717) is 17.6 Å². The van der Waals surface area contributed by atoms with Gasteiger partial charge in [-0.1, -0.05) is 11.6 Å². The minimum atomic E-state index is -0.0443. The van der Waals surface area contributed by atoms with Crippen LogP contribution >= 0.6 is 0 Å². The molecule has 0 bridgehead atoms. The van der Waals surface area contributed by atoms with Crippen molar-refractivity contribution >= 4 is 5.91 Å². The molecule has 3 unspecified atom stereocenters. The lowest BCUT2D eigenvalue weighted by atomic mass is 9.78. The molecule has 3 atom stereocenters. The highest BCUT2D eigenvalue weighted by Gasteiger charge is 2.41. The number of hydrogen-bond donors (Lipinski definition) is 1. The standard InChI is InChI=1S/C13H19N3O2/c1-8-5-12(18-15-8)13(17)16-6-9-3-2-4-11(14)10(9)7-16/h5,9-11H,2-4,6-7,14H2,1H3. The highest BCUT2D eigenvalue weighted by Crippen LogP contribution is 2.36. The molecular formula is C13H19N3O2. The summed E-state index contributed by atoms with van der Waals surface area (Å²) >= 11 is 0. The second-order valence-electron chi connectivity index (χ2n) is 5.56. The molecule has 3 rings (SSSR count). The van der Waals surface area contributed by atoms with Gasteiger partial charge in [0.1, 0.15) is 0 Å². The molecule has 2 aliphatic rings. The van der Waals surface area contributed by atoms with Gasteiger partial charge < -0.3 is 15.2 Å². The van der Waals surface area contributed by atoms with Crippen LogP contribution in [0, 0.1) is 18.8 Å². The van der Waals surface area contributed by atoms with E-state index in [1.807, 2.05) is 11.8 Å². The van der Waals surface area contributed by atoms with Gasteiger partial charge in [0.25, 0.3) is 5.91 Å². The molecule has 1 saturated heterocycles. The van der Waals surface area contributed by atoms with Crippen molar-refractivity contribution in [2.45, 2.75) is 32.2 Å². The Bertz CT molecular complexity index is 457. The van der Waals surface area contributed by atoms with Crippen molar-refractivity contribution in [2.75, 3.05) is 13.1 Å². The van der Waals surface area contributed by atoms with Crippen LogP contribution in [0.15, 0.2) is 10.6 Å². The molecule has 2 fully saturated rings. The summed E-state index contributed by atoms with van der Waals surface area (Å²) in [5.74, 6) is 1.34. The SMILES string of the molecule is Cc1cc(C(=O)N2CC3CCCC(N)C3C2)on1. The first-order valence-corrected chi connectivity index (χ1v) is 6.63. The molecule has 1 amide bonds. The molecule has 1 saturated carbocycles. The fraction of sp³-hybridized carbons (Fsp3) is 0.692. The molecule has 2 N–H and O–H groups in total. The fourth-order valence-electron chi connectivity index (χ4n) is 3.30. The zero-order valence-corrected chi connectivity index (χ0v) is 10.6. The van der Waals surface area contributed by atoms with Crippen LogP contribution in [0.2, 0.25) is 0 Å². The summed E-state index contributed by atoms with van der Waals surface area (Å²) in [6.45, 7) is 3.40. The number of likely N-dealkylation sites (tertiary alicyclic amines) is 1. The number of nitrogens with two attached hydrogens (primary N) is 1. The van der Waals surface area contributed by atoms with Gasteiger partial charge in [0, 0.05) is 25.2 Å². The highest BCUT2D eigenvalue weighted by atomic mass is 16.5. The van der Waals surface area contributed by atoms with Crippen molar-refractivity contribution in [3.8, 4) is 0 Å². The maximum Gasteiger partial charge on any atom is 0.292 e. The second kappa shape index (κ2) is 4.39. The van der Waals surface area contributed by atoms with Gasteiger partial charge in [-0.15, -0.1) is 0 Å². The van der Waals surface area contributed by atoms with E-state index >= 15 is 0 Å². The highest BCUT2D eigenvalue weighted by molar-refractivity contribution is 5.91. The number of aryl methyl sites for hydroxylation is 1. The Morgan fingerprint density at radius 3 is 3.00 bits per heavy atom. The molecule has 5 nitrogen and oxygen atoms in total. The predicted molar refractivity (Wildman–Crippen MR) is 65.9 cm³/mol. The first-order chi connectivity index (χ1) is 8.65. The number of amides is 1. The first kappa shape index (κ1) is 11.7. The molecular weight excluding hydrogens is 230 g/mol. The van der Waals surface area contributed by atoms with Crippen LogP contribution in [0.25, 0.3) is 0 Å². The topological polar surface area (TPSA) is 72.4 Å². The van der Waals surface area contributed by atoms with E-state index < -0.39 is 0 Å². The number of aromatic nitrogens is 1. The summed E-state index contributed by atoms with van der Waals surface area (Å²) in [6.07, 6.45) is 3.47. The zero-order chi connectivity index (χ0) is 12.7. The number of rotatable bonds is 1. The lowest BCUT2D eigenvalue weighted by Gasteiger charge is -2.29. The van der Waals surface area contributed by atoms with Crippen LogP contribution in [-0.2, 0) is 0 Å². The third-order valence-electron chi connectivity index (χ3n) is 4.28. The van der Waals surface area contributed by atoms with Gasteiger partial charge in [-0.2, -0.15) is 0 Å². The predicted octanol–water partition coefficient (Wildman–Crippen LogP) is 1.18. The Labute approximate surface area is 106 Å². The summed E-state index contributed by atoms with van der Waals surface area (Å²) in [7, 11) is 0. The number of carbonyl (C=O) groups excluding carboxylic acids is 1. The van der Waals surface area contributed by atoms with Gasteiger partial charge in [-0.3, -0.25) is 4.79 Å². The largest absolute Gasteiger partial charge is 0.351 e. The number of nitrogens with zero attached hydrogens (tertiary/aromatic N) is 2. The monoisotopic (exact) mass is 249 g/mol. The molecule has 2 heterocycles. The Morgan fingerprint density at radius 1 is 1.50 bits per heavy atom. The van der Waals surface area contributed by atoms with Gasteiger partial charge in [-0.25, -0.2) is 0 Å². The van der Waals surface area contributed by atoms with Gasteiger partial charge >= 0.3 is 0 Å². The van der Waals surface area contributed by atoms with Crippen molar-refractivity contribution in [1.82, 2.24) is 10.1 Å². The summed E-state index contributed by atoms with van der Waals surface area (Å²) in [5, 5.41) is 3.77. The average molecular weight is 249 g/mol. The van der Waals surface area contributed by atoms with Crippen molar-refractivity contribution in [3.63, 3.8) is 0 Å². The minimum Gasteiger partial charge on any atom is -0.351 e. The Morgan fingerprint density at radius 2 is 2.33 bits per heavy atom. The number of hydrogen-bond acceptors (Lipinski definition) is 4. The molecule has 1 aromatic heterocycles. The smallest absolute Gasteiger partial charge is 0.292 e. The van der Waals surface area contributed by atoms with Gasteiger partial charge in [0.15, 0.2) is 0 Å². The van der Waals surface area contributed by atoms with Crippen molar-refractivity contribution < 1.29 is 9.32 Å². The molecule has 0 spiro atoms. The molecule has 1 aliphatic heterocycles. The molecule has 98 valence electrons. The third-order valence-corrected chi connectivity index (χ3v) is 4.28. The molecule has 18 heavy (non-hydrogen) atoms. The molecule has 1 aliphatic carbocycles. The van der Waals surface area contributed by atoms with Crippen LogP contribution in [0.1, 0.15) is 35.5 Å². The van der Waals surface area contributed by atoms with Crippen LogP contribution in [0.5, 0.6) is 0 Å². The van der Waals surface area contributed by atoms with Gasteiger partial charge in [-0.05, 0) is 31.6 Å². The normalized spacial score (nSPS) is 31.4. The Kier molecular flexibility index (Phi) is 2.86. The summed E-state index contributed by atoms with van der Waals surface area (Å²) in [5.41, 5.74) is 6.89. The van der Waals surface area contributed by atoms with Crippen LogP contribution in [-0.4, -0.2) is 35.1 Å². The van der Waals surface area contributed by atoms with Crippen LogP contribution in [0.3, 0.4) is 0 Å². The molecule has 5 heteroatoms. The van der Waals surface area contributed by atoms with Crippen molar-refractivity contribution in [3.05, 3.63) is 17.5 Å². The van der Waals surface area contributed by atoms with E-state index in [2.05, 4.69) is 5.16 Å². The van der Waals surface area contributed by atoms with E-state index in [1.165, 1.54) is 12.8 Å². The van der Waals surface area contributed by atoms with Crippen LogP contribution < -0.4 is 5.73 Å². The Balaban J connectivity index is 1.73. The second-order valence-corrected chi connectivity index (χ2v) is 5.56. The number of carbonyl (C=O) groups is 1. The van der Waals surface area contributed by atoms with Crippen molar-refractivity contribution in [1.29, 1.82) is 0 Å². The summed E-state index contributed by atoms with van der Waals surface area (Å²) in [4.78, 5) is 14.1. The van der Waals surface area contributed by atoms with Crippen molar-refractivity contribution in [2.24, 2.45) is 17.6 Å². The van der Waals surface area contributed by atoms with E-state index in [-0.39, 0.29) is 11.9 Å². The fourth-order valence-corrected chi connectivity index (χ4v) is 3.30. The van der Waals surface area contributed by atoms with E-state index in [9.17, 15) is 4.79 Å². The van der Waals surface area contributed by atoms with E-state index in [0.717, 1.165) is 25.2 Å². The lowest BCUT2D eigenvalue weighted by molar-refractivity contribution is 0.0742. The maximum absolute atomic E-state index is 12.3. The van der Waals surface area contributed by atoms with Gasteiger partial charge in [0.2, 0.25) is 5.76 Å². The van der Waals surface area contributed by atoms with E-state index in [1.54, 1.807) is 6.07 Å². The van der Waals surface area contributed by atoms with Crippen LogP contribution in [0.4, 0.5) is 0 Å². The Hall–Kier alpha value is -1.36. The summed E-state index contributed by atoms with van der Waals surface area (Å²) in [6, 6.07) is 1.95. The molecule has 0 radical (unpaired) electrons. The lowest BCUT2D eigenvalue weighted by Crippen LogP contribution is -2.38. The average Bonchev–Trinajstić information content (AvgIpc) is 2.95.